The summed E-state index contributed by atoms with van der Waals surface area (Å²) >= 11 is 0. The molecule has 3 aromatic carbocycles. The monoisotopic (exact) mass is 607 g/mol. The fourth-order valence-electron chi connectivity index (χ4n) is 6.55. The lowest BCUT2D eigenvalue weighted by atomic mass is 9.82. The van der Waals surface area contributed by atoms with Gasteiger partial charge < -0.3 is 24.0 Å². The number of rotatable bonds is 9. The summed E-state index contributed by atoms with van der Waals surface area (Å²) in [6.45, 7) is 4.00. The largest absolute Gasteiger partial charge is 0.497 e. The van der Waals surface area contributed by atoms with Gasteiger partial charge in [0.15, 0.2) is 11.5 Å². The zero-order valence-electron chi connectivity index (χ0n) is 25.6. The molecule has 0 aliphatic carbocycles. The molecule has 5 rings (SSSR count). The Balaban J connectivity index is 1.43. The maximum Gasteiger partial charge on any atom is 0.228 e. The van der Waals surface area contributed by atoms with Gasteiger partial charge in [0.2, 0.25) is 11.8 Å². The molecule has 2 heterocycles. The number of hydrogen-bond donors (Lipinski definition) is 0. The van der Waals surface area contributed by atoms with Gasteiger partial charge in [-0.25, -0.2) is 8.78 Å². The Morgan fingerprint density at radius 1 is 0.886 bits per heavy atom. The summed E-state index contributed by atoms with van der Waals surface area (Å²) in [6, 6.07) is 15.7. The number of carbonyl (C=O) groups excluding carboxylic acids is 2. The van der Waals surface area contributed by atoms with E-state index in [-0.39, 0.29) is 24.3 Å². The molecule has 2 saturated heterocycles. The molecule has 3 aromatic rings. The van der Waals surface area contributed by atoms with Crippen molar-refractivity contribution >= 4 is 17.5 Å². The van der Waals surface area contributed by atoms with E-state index < -0.39 is 23.6 Å². The summed E-state index contributed by atoms with van der Waals surface area (Å²) in [6.07, 6.45) is 1.29. The minimum Gasteiger partial charge on any atom is -0.497 e. The van der Waals surface area contributed by atoms with E-state index >= 15 is 0 Å². The van der Waals surface area contributed by atoms with E-state index in [9.17, 15) is 18.4 Å². The SMILES string of the molecule is CCC(c1ccc(F)cc1F)N1CCN(C(=O)C2CCC(=O)N(c3ccc(OC)cc3)C2c2ccc(OC)c(OC)c2)CC1. The van der Waals surface area contributed by atoms with Crippen LogP contribution in [0.4, 0.5) is 14.5 Å². The third-order valence-electron chi connectivity index (χ3n) is 8.79. The van der Waals surface area contributed by atoms with Gasteiger partial charge in [-0.2, -0.15) is 0 Å². The van der Waals surface area contributed by atoms with Crippen LogP contribution < -0.4 is 19.1 Å². The summed E-state index contributed by atoms with van der Waals surface area (Å²) in [4.78, 5) is 33.6. The lowest BCUT2D eigenvalue weighted by molar-refractivity contribution is -0.140. The maximum absolute atomic E-state index is 14.7. The number of anilines is 1. The van der Waals surface area contributed by atoms with Crippen LogP contribution in [0.1, 0.15) is 49.4 Å². The molecule has 10 heteroatoms. The average molecular weight is 608 g/mol. The first-order valence-electron chi connectivity index (χ1n) is 14.9. The van der Waals surface area contributed by atoms with Crippen molar-refractivity contribution in [3.63, 3.8) is 0 Å². The number of hydrogen-bond acceptors (Lipinski definition) is 6. The van der Waals surface area contributed by atoms with Crippen LogP contribution in [-0.4, -0.2) is 69.1 Å². The molecule has 0 saturated carbocycles. The second kappa shape index (κ2) is 13.6. The summed E-state index contributed by atoms with van der Waals surface area (Å²) in [5, 5.41) is 0. The van der Waals surface area contributed by atoms with E-state index in [1.165, 1.54) is 12.1 Å². The number of ether oxygens (including phenoxy) is 3. The van der Waals surface area contributed by atoms with E-state index in [1.807, 2.05) is 36.1 Å². The number of amides is 2. The van der Waals surface area contributed by atoms with Crippen LogP contribution in [0.15, 0.2) is 60.7 Å². The van der Waals surface area contributed by atoms with Crippen molar-refractivity contribution in [1.82, 2.24) is 9.80 Å². The van der Waals surface area contributed by atoms with Crippen molar-refractivity contribution < 1.29 is 32.6 Å². The Morgan fingerprint density at radius 3 is 2.20 bits per heavy atom. The van der Waals surface area contributed by atoms with Gasteiger partial charge in [0.05, 0.1) is 33.3 Å². The molecule has 2 amide bonds. The Hall–Kier alpha value is -4.18. The van der Waals surface area contributed by atoms with Gasteiger partial charge in [0.1, 0.15) is 17.4 Å². The maximum atomic E-state index is 14.7. The summed E-state index contributed by atoms with van der Waals surface area (Å²) < 4.78 is 44.6. The van der Waals surface area contributed by atoms with Crippen molar-refractivity contribution in [2.24, 2.45) is 5.92 Å². The lowest BCUT2D eigenvalue weighted by Crippen LogP contribution is -2.54. The second-order valence-corrected chi connectivity index (χ2v) is 11.1. The lowest BCUT2D eigenvalue weighted by Gasteiger charge is -2.45. The Morgan fingerprint density at radius 2 is 1.59 bits per heavy atom. The van der Waals surface area contributed by atoms with Crippen molar-refractivity contribution in [3.05, 3.63) is 83.4 Å². The van der Waals surface area contributed by atoms with Gasteiger partial charge in [-0.3, -0.25) is 14.5 Å². The molecule has 0 N–H and O–H groups in total. The molecule has 0 bridgehead atoms. The van der Waals surface area contributed by atoms with E-state index in [0.29, 0.717) is 67.5 Å². The first kappa shape index (κ1) is 31.3. The number of carbonyl (C=O) groups is 2. The minimum absolute atomic E-state index is 0.0311. The number of piperazine rings is 1. The van der Waals surface area contributed by atoms with Crippen LogP contribution in [0.3, 0.4) is 0 Å². The third-order valence-corrected chi connectivity index (χ3v) is 8.79. The number of piperidine rings is 1. The quantitative estimate of drug-likeness (QED) is 0.308. The summed E-state index contributed by atoms with van der Waals surface area (Å²) in [7, 11) is 4.70. The van der Waals surface area contributed by atoms with Gasteiger partial charge in [-0.15, -0.1) is 0 Å². The average Bonchev–Trinajstić information content (AvgIpc) is 3.05. The topological polar surface area (TPSA) is 71.6 Å². The van der Waals surface area contributed by atoms with E-state index in [0.717, 1.165) is 11.6 Å². The van der Waals surface area contributed by atoms with Crippen LogP contribution >= 0.6 is 0 Å². The Bertz CT molecular complexity index is 1480. The molecule has 8 nitrogen and oxygen atoms in total. The van der Waals surface area contributed by atoms with Gasteiger partial charge in [0.25, 0.3) is 0 Å². The summed E-state index contributed by atoms with van der Waals surface area (Å²) in [5.74, 6) is -0.0398. The normalized spacial score (nSPS) is 19.9. The molecule has 0 aromatic heterocycles. The van der Waals surface area contributed by atoms with Crippen LogP contribution in [0, 0.1) is 17.6 Å². The fourth-order valence-corrected chi connectivity index (χ4v) is 6.55. The highest BCUT2D eigenvalue weighted by Gasteiger charge is 2.44. The van der Waals surface area contributed by atoms with Gasteiger partial charge in [-0.05, 0) is 60.9 Å². The van der Waals surface area contributed by atoms with Crippen molar-refractivity contribution in [1.29, 1.82) is 0 Å². The smallest absolute Gasteiger partial charge is 0.228 e. The molecule has 234 valence electrons. The first-order chi connectivity index (χ1) is 21.3. The van der Waals surface area contributed by atoms with Gasteiger partial charge in [-0.1, -0.05) is 19.1 Å². The van der Waals surface area contributed by atoms with Gasteiger partial charge >= 0.3 is 0 Å². The van der Waals surface area contributed by atoms with Crippen molar-refractivity contribution in [2.45, 2.75) is 38.3 Å². The summed E-state index contributed by atoms with van der Waals surface area (Å²) in [5.41, 5.74) is 1.90. The van der Waals surface area contributed by atoms with E-state index in [1.54, 1.807) is 44.4 Å². The van der Waals surface area contributed by atoms with Crippen molar-refractivity contribution in [2.75, 3.05) is 52.4 Å². The highest BCUT2D eigenvalue weighted by atomic mass is 19.1. The van der Waals surface area contributed by atoms with Gasteiger partial charge in [0, 0.05) is 56.0 Å². The second-order valence-electron chi connectivity index (χ2n) is 11.1. The number of methoxy groups -OCH3 is 3. The van der Waals surface area contributed by atoms with Crippen LogP contribution in [0.25, 0.3) is 0 Å². The van der Waals surface area contributed by atoms with Crippen LogP contribution in [0.2, 0.25) is 0 Å². The van der Waals surface area contributed by atoms with Crippen LogP contribution in [0.5, 0.6) is 17.2 Å². The third kappa shape index (κ3) is 6.22. The highest BCUT2D eigenvalue weighted by Crippen LogP contribution is 2.43. The Kier molecular flexibility index (Phi) is 9.68. The van der Waals surface area contributed by atoms with E-state index in [2.05, 4.69) is 4.90 Å². The predicted molar refractivity (Wildman–Crippen MR) is 163 cm³/mol. The number of benzene rings is 3. The fraction of sp³-hybridized carbons (Fsp3) is 0.412. The molecule has 2 aliphatic heterocycles. The van der Waals surface area contributed by atoms with Crippen molar-refractivity contribution in [3.8, 4) is 17.2 Å². The molecule has 44 heavy (non-hydrogen) atoms. The molecule has 2 fully saturated rings. The Labute approximate surface area is 257 Å². The molecule has 0 radical (unpaired) electrons. The highest BCUT2D eigenvalue weighted by molar-refractivity contribution is 5.97. The molecule has 0 spiro atoms. The molecule has 3 unspecified atom stereocenters. The predicted octanol–water partition coefficient (Wildman–Crippen LogP) is 5.77. The standard InChI is InChI=1S/C34H39F2N3O5/c1-5-29(26-12-7-23(35)21-28(26)36)37-16-18-38(19-17-37)34(41)27-13-15-32(40)39(24-8-10-25(42-2)11-9-24)33(27)22-6-14-30(43-3)31(20-22)44-4/h6-12,14,20-21,27,29,33H,5,13,15-19H2,1-4H3. The number of nitrogens with zero attached hydrogens (tertiary/aromatic N) is 3. The number of halogens is 2. The molecule has 2 aliphatic rings. The molecule has 3 atom stereocenters. The van der Waals surface area contributed by atoms with Crippen LogP contribution in [-0.2, 0) is 9.59 Å². The first-order valence-corrected chi connectivity index (χ1v) is 14.9. The molecular weight excluding hydrogens is 568 g/mol. The molecular formula is C34H39F2N3O5. The zero-order valence-corrected chi connectivity index (χ0v) is 25.6. The zero-order chi connectivity index (χ0) is 31.4. The van der Waals surface area contributed by atoms with E-state index in [4.69, 9.17) is 14.2 Å². The minimum atomic E-state index is -0.602.